The van der Waals surface area contributed by atoms with Gasteiger partial charge in [0, 0.05) is 6.54 Å². The lowest BCUT2D eigenvalue weighted by Crippen LogP contribution is -2.49. The van der Waals surface area contributed by atoms with Crippen LogP contribution in [-0.4, -0.2) is 30.5 Å². The third-order valence-corrected chi connectivity index (χ3v) is 3.28. The maximum absolute atomic E-state index is 12.1. The molecule has 0 spiro atoms. The van der Waals surface area contributed by atoms with E-state index in [1.807, 2.05) is 18.2 Å². The normalized spacial score (nSPS) is 20.4. The molecule has 1 saturated heterocycles. The summed E-state index contributed by atoms with van der Waals surface area (Å²) in [7, 11) is 0. The van der Waals surface area contributed by atoms with Crippen LogP contribution in [0.4, 0.5) is 0 Å². The van der Waals surface area contributed by atoms with Crippen molar-refractivity contribution in [1.82, 2.24) is 10.6 Å². The van der Waals surface area contributed by atoms with Crippen LogP contribution in [0.5, 0.6) is 5.75 Å². The molecule has 5 heteroatoms. The summed E-state index contributed by atoms with van der Waals surface area (Å²) >= 11 is 0. The Balaban J connectivity index is 1.88. The number of para-hydroxylation sites is 1. The van der Waals surface area contributed by atoms with Gasteiger partial charge in [0.15, 0.2) is 6.10 Å². The third kappa shape index (κ3) is 3.98. The first-order chi connectivity index (χ1) is 9.66. The van der Waals surface area contributed by atoms with E-state index in [0.717, 1.165) is 12.8 Å². The number of carbonyl (C=O) groups excluding carboxylic acids is 2. The van der Waals surface area contributed by atoms with Gasteiger partial charge in [0.25, 0.3) is 5.91 Å². The summed E-state index contributed by atoms with van der Waals surface area (Å²) in [5.41, 5.74) is 0. The summed E-state index contributed by atoms with van der Waals surface area (Å²) in [6, 6.07) is 8.71. The first kappa shape index (κ1) is 14.4. The first-order valence-electron chi connectivity index (χ1n) is 6.96. The SMILES string of the molecule is C[C@@H](Oc1ccccc1)C(=O)N[C@@H]1CCCCNC1=O. The molecule has 1 aromatic rings. The molecule has 2 N–H and O–H groups in total. The van der Waals surface area contributed by atoms with Crippen LogP contribution in [0.15, 0.2) is 30.3 Å². The number of hydrogen-bond donors (Lipinski definition) is 2. The summed E-state index contributed by atoms with van der Waals surface area (Å²) in [5.74, 6) is 0.263. The van der Waals surface area contributed by atoms with Crippen LogP contribution in [0.1, 0.15) is 26.2 Å². The molecule has 0 bridgehead atoms. The molecule has 1 aromatic carbocycles. The molecule has 108 valence electrons. The fourth-order valence-corrected chi connectivity index (χ4v) is 2.12. The average Bonchev–Trinajstić information content (AvgIpc) is 2.65. The lowest BCUT2D eigenvalue weighted by molar-refractivity contribution is -0.132. The predicted molar refractivity (Wildman–Crippen MR) is 75.3 cm³/mol. The van der Waals surface area contributed by atoms with Crippen molar-refractivity contribution in [3.8, 4) is 5.75 Å². The first-order valence-corrected chi connectivity index (χ1v) is 6.96. The van der Waals surface area contributed by atoms with E-state index >= 15 is 0 Å². The monoisotopic (exact) mass is 276 g/mol. The lowest BCUT2D eigenvalue weighted by Gasteiger charge is -2.19. The van der Waals surface area contributed by atoms with Crippen molar-refractivity contribution in [2.45, 2.75) is 38.3 Å². The maximum Gasteiger partial charge on any atom is 0.261 e. The predicted octanol–water partition coefficient (Wildman–Crippen LogP) is 1.24. The highest BCUT2D eigenvalue weighted by atomic mass is 16.5. The van der Waals surface area contributed by atoms with Crippen LogP contribution in [-0.2, 0) is 9.59 Å². The highest BCUT2D eigenvalue weighted by Gasteiger charge is 2.25. The van der Waals surface area contributed by atoms with E-state index in [-0.39, 0.29) is 11.8 Å². The molecule has 0 unspecified atom stereocenters. The molecule has 1 fully saturated rings. The summed E-state index contributed by atoms with van der Waals surface area (Å²) in [6.45, 7) is 2.36. The largest absolute Gasteiger partial charge is 0.481 e. The molecule has 5 nitrogen and oxygen atoms in total. The topological polar surface area (TPSA) is 67.4 Å². The van der Waals surface area contributed by atoms with Gasteiger partial charge in [-0.05, 0) is 38.3 Å². The van der Waals surface area contributed by atoms with Gasteiger partial charge in [-0.25, -0.2) is 0 Å². The van der Waals surface area contributed by atoms with Crippen molar-refractivity contribution in [1.29, 1.82) is 0 Å². The zero-order valence-corrected chi connectivity index (χ0v) is 11.6. The Morgan fingerprint density at radius 1 is 1.35 bits per heavy atom. The van der Waals surface area contributed by atoms with Crippen molar-refractivity contribution in [2.75, 3.05) is 6.54 Å². The molecular formula is C15H20N2O3. The number of nitrogens with one attached hydrogen (secondary N) is 2. The number of rotatable bonds is 4. The summed E-state index contributed by atoms with van der Waals surface area (Å²) < 4.78 is 5.54. The fourth-order valence-electron chi connectivity index (χ4n) is 2.12. The standard InChI is InChI=1S/C15H20N2O3/c1-11(20-12-7-3-2-4-8-12)14(18)17-13-9-5-6-10-16-15(13)19/h2-4,7-8,11,13H,5-6,9-10H2,1H3,(H,16,19)(H,17,18)/t11-,13-/m1/s1. The number of carbonyl (C=O) groups is 2. The Morgan fingerprint density at radius 3 is 2.85 bits per heavy atom. The van der Waals surface area contributed by atoms with Gasteiger partial charge >= 0.3 is 0 Å². The Labute approximate surface area is 118 Å². The van der Waals surface area contributed by atoms with Gasteiger partial charge in [-0.3, -0.25) is 9.59 Å². The number of ether oxygens (including phenoxy) is 1. The molecule has 20 heavy (non-hydrogen) atoms. The van der Waals surface area contributed by atoms with Crippen LogP contribution in [0.2, 0.25) is 0 Å². The van der Waals surface area contributed by atoms with E-state index in [0.29, 0.717) is 18.7 Å². The van der Waals surface area contributed by atoms with Crippen molar-refractivity contribution in [2.24, 2.45) is 0 Å². The fraction of sp³-hybridized carbons (Fsp3) is 0.467. The second-order valence-corrected chi connectivity index (χ2v) is 4.92. The molecule has 1 aliphatic rings. The van der Waals surface area contributed by atoms with E-state index < -0.39 is 12.1 Å². The van der Waals surface area contributed by atoms with E-state index in [1.54, 1.807) is 19.1 Å². The quantitative estimate of drug-likeness (QED) is 0.869. The Bertz CT molecular complexity index is 461. The zero-order valence-electron chi connectivity index (χ0n) is 11.6. The number of benzene rings is 1. The van der Waals surface area contributed by atoms with Gasteiger partial charge in [0.05, 0.1) is 0 Å². The van der Waals surface area contributed by atoms with Crippen molar-refractivity contribution in [3.05, 3.63) is 30.3 Å². The smallest absolute Gasteiger partial charge is 0.261 e. The van der Waals surface area contributed by atoms with Crippen LogP contribution in [0.3, 0.4) is 0 Å². The average molecular weight is 276 g/mol. The summed E-state index contributed by atoms with van der Waals surface area (Å²) in [5, 5.41) is 5.55. The molecule has 2 atom stereocenters. The van der Waals surface area contributed by atoms with Gasteiger partial charge in [-0.2, -0.15) is 0 Å². The van der Waals surface area contributed by atoms with E-state index in [1.165, 1.54) is 0 Å². The van der Waals surface area contributed by atoms with Gasteiger partial charge in [-0.15, -0.1) is 0 Å². The molecule has 2 rings (SSSR count). The van der Waals surface area contributed by atoms with Crippen LogP contribution >= 0.6 is 0 Å². The second kappa shape index (κ2) is 6.93. The number of amides is 2. The zero-order chi connectivity index (χ0) is 14.4. The molecule has 1 heterocycles. The summed E-state index contributed by atoms with van der Waals surface area (Å²) in [6.07, 6.45) is 1.93. The van der Waals surface area contributed by atoms with Gasteiger partial charge in [0.1, 0.15) is 11.8 Å². The summed E-state index contributed by atoms with van der Waals surface area (Å²) in [4.78, 5) is 23.8. The minimum atomic E-state index is -0.631. The molecule has 0 radical (unpaired) electrons. The molecule has 2 amide bonds. The Hall–Kier alpha value is -2.04. The van der Waals surface area contributed by atoms with Gasteiger partial charge in [0.2, 0.25) is 5.91 Å². The molecule has 0 saturated carbocycles. The number of hydrogen-bond acceptors (Lipinski definition) is 3. The second-order valence-electron chi connectivity index (χ2n) is 4.92. The molecule has 0 aromatic heterocycles. The van der Waals surface area contributed by atoms with Crippen molar-refractivity contribution >= 4 is 11.8 Å². The van der Waals surface area contributed by atoms with Gasteiger partial charge < -0.3 is 15.4 Å². The highest BCUT2D eigenvalue weighted by Crippen LogP contribution is 2.11. The minimum Gasteiger partial charge on any atom is -0.481 e. The highest BCUT2D eigenvalue weighted by molar-refractivity contribution is 5.89. The van der Waals surface area contributed by atoms with Gasteiger partial charge in [-0.1, -0.05) is 18.2 Å². The van der Waals surface area contributed by atoms with E-state index in [9.17, 15) is 9.59 Å². The van der Waals surface area contributed by atoms with Crippen LogP contribution in [0.25, 0.3) is 0 Å². The maximum atomic E-state index is 12.1. The molecule has 1 aliphatic heterocycles. The van der Waals surface area contributed by atoms with Crippen molar-refractivity contribution in [3.63, 3.8) is 0 Å². The van der Waals surface area contributed by atoms with E-state index in [2.05, 4.69) is 10.6 Å². The van der Waals surface area contributed by atoms with Crippen molar-refractivity contribution < 1.29 is 14.3 Å². The lowest BCUT2D eigenvalue weighted by atomic mass is 10.1. The molecule has 0 aliphatic carbocycles. The van der Waals surface area contributed by atoms with E-state index in [4.69, 9.17) is 4.74 Å². The van der Waals surface area contributed by atoms with Crippen LogP contribution in [0, 0.1) is 0 Å². The Kier molecular flexibility index (Phi) is 4.98. The Morgan fingerprint density at radius 2 is 2.10 bits per heavy atom. The molecular weight excluding hydrogens is 256 g/mol. The van der Waals surface area contributed by atoms with Crippen LogP contribution < -0.4 is 15.4 Å². The third-order valence-electron chi connectivity index (χ3n) is 3.28. The minimum absolute atomic E-state index is 0.109.